The minimum Gasteiger partial charge on any atom is -0.481 e. The van der Waals surface area contributed by atoms with Crippen molar-refractivity contribution in [1.82, 2.24) is 0 Å². The number of carbonyl (C=O) groups is 2. The Hall–Kier alpha value is -3.50. The van der Waals surface area contributed by atoms with Crippen LogP contribution in [0.25, 0.3) is 0 Å². The summed E-state index contributed by atoms with van der Waals surface area (Å²) in [5.74, 6) is -8.88. The van der Waals surface area contributed by atoms with Crippen molar-refractivity contribution in [2.24, 2.45) is 5.92 Å². The molecule has 0 aliphatic heterocycles. The molecule has 3 N–H and O–H groups in total. The van der Waals surface area contributed by atoms with E-state index in [4.69, 9.17) is 0 Å². The van der Waals surface area contributed by atoms with E-state index in [1.807, 2.05) is 0 Å². The number of carboxylic acid groups (broad SMARTS) is 1. The van der Waals surface area contributed by atoms with Gasteiger partial charge in [-0.2, -0.15) is 0 Å². The molecule has 0 saturated heterocycles. The van der Waals surface area contributed by atoms with Crippen molar-refractivity contribution in [2.45, 2.75) is 12.8 Å². The van der Waals surface area contributed by atoms with Gasteiger partial charge in [-0.1, -0.05) is 18.2 Å². The number of Topliss-reactive ketones (excluding diaryl/α,β-unsaturated/α-hetero) is 1. The number of nitro groups is 2. The Bertz CT molecular complexity index is 723. The van der Waals surface area contributed by atoms with Crippen LogP contribution in [0.5, 0.6) is 0 Å². The molecule has 1 rings (SSSR count). The Morgan fingerprint density at radius 1 is 1.08 bits per heavy atom. The molecule has 2 unspecified atom stereocenters. The van der Waals surface area contributed by atoms with Gasteiger partial charge in [0, 0.05) is 11.6 Å². The molecule has 0 aromatic heterocycles. The number of nitrogens with zero attached hydrogens (tertiary/aromatic N) is 2. The summed E-state index contributed by atoms with van der Waals surface area (Å²) >= 11 is 0. The summed E-state index contributed by atoms with van der Waals surface area (Å²) in [6.45, 7) is 0.826. The molecule has 0 heterocycles. The molecule has 0 aliphatic rings. The molecule has 0 saturated carbocycles. The normalized spacial score (nSPS) is 12.7. The van der Waals surface area contributed by atoms with Crippen molar-refractivity contribution in [3.05, 3.63) is 61.7 Å². The number of carbonyl (C=O) groups excluding carboxylic acids is 1. The molecular formula is C13H12N2O9. The summed E-state index contributed by atoms with van der Waals surface area (Å²) < 4.78 is 0. The number of aliphatic carboxylic acids is 1. The first-order chi connectivity index (χ1) is 11.1. The summed E-state index contributed by atoms with van der Waals surface area (Å²) in [5, 5.41) is 49.8. The van der Waals surface area contributed by atoms with Crippen LogP contribution in [0, 0.1) is 26.1 Å². The first-order valence-corrected chi connectivity index (χ1v) is 6.32. The molecule has 0 fully saturated rings. The molecule has 0 aliphatic carbocycles. The number of allylic oxidation sites excluding steroid dienone is 1. The minimum absolute atomic E-state index is 0.502. The summed E-state index contributed by atoms with van der Waals surface area (Å²) in [6, 6.07) is 4.43. The molecule has 11 nitrogen and oxygen atoms in total. The van der Waals surface area contributed by atoms with Gasteiger partial charge in [0.05, 0.1) is 9.85 Å². The second-order valence-electron chi connectivity index (χ2n) is 4.69. The topological polar surface area (TPSA) is 181 Å². The van der Waals surface area contributed by atoms with Gasteiger partial charge < -0.3 is 15.3 Å². The molecular weight excluding hydrogens is 328 g/mol. The largest absolute Gasteiger partial charge is 0.481 e. The number of carboxylic acids is 1. The molecule has 24 heavy (non-hydrogen) atoms. The highest BCUT2D eigenvalue weighted by atomic mass is 16.6. The van der Waals surface area contributed by atoms with Crippen molar-refractivity contribution in [3.63, 3.8) is 0 Å². The predicted molar refractivity (Wildman–Crippen MR) is 76.9 cm³/mol. The van der Waals surface area contributed by atoms with E-state index in [2.05, 4.69) is 0 Å². The van der Waals surface area contributed by atoms with Crippen molar-refractivity contribution < 1.29 is 34.8 Å². The lowest BCUT2D eigenvalue weighted by molar-refractivity contribution is -0.437. The molecule has 11 heteroatoms. The van der Waals surface area contributed by atoms with Gasteiger partial charge in [0.25, 0.3) is 5.69 Å². The molecule has 128 valence electrons. The van der Waals surface area contributed by atoms with E-state index in [9.17, 15) is 45.1 Å². The van der Waals surface area contributed by atoms with Crippen LogP contribution in [-0.2, 0) is 9.59 Å². The van der Waals surface area contributed by atoms with Crippen LogP contribution in [0.15, 0.2) is 35.9 Å². The number of benzene rings is 1. The second kappa shape index (κ2) is 7.17. The van der Waals surface area contributed by atoms with Gasteiger partial charge in [0.1, 0.15) is 17.6 Å². The highest BCUT2D eigenvalue weighted by Crippen LogP contribution is 2.39. The first kappa shape index (κ1) is 18.5. The maximum absolute atomic E-state index is 11.7. The number of para-hydroxylation sites is 1. The SMILES string of the molecule is CC(=O)C(C(=O)O)C(C(=C(O)O)[N+](=O)[O-])c1ccccc1[N+](=O)[O-]. The third-order valence-corrected chi connectivity index (χ3v) is 3.23. The van der Waals surface area contributed by atoms with Crippen molar-refractivity contribution >= 4 is 17.4 Å². The Morgan fingerprint density at radius 2 is 1.62 bits per heavy atom. The van der Waals surface area contributed by atoms with Gasteiger partial charge in [0.2, 0.25) is 0 Å². The third kappa shape index (κ3) is 3.63. The lowest BCUT2D eigenvalue weighted by atomic mass is 9.80. The lowest BCUT2D eigenvalue weighted by Gasteiger charge is -2.19. The third-order valence-electron chi connectivity index (χ3n) is 3.23. The van der Waals surface area contributed by atoms with E-state index >= 15 is 0 Å². The fourth-order valence-electron chi connectivity index (χ4n) is 2.29. The first-order valence-electron chi connectivity index (χ1n) is 6.32. The van der Waals surface area contributed by atoms with E-state index in [-0.39, 0.29) is 0 Å². The molecule has 0 bridgehead atoms. The number of hydrogen-bond donors (Lipinski definition) is 3. The highest BCUT2D eigenvalue weighted by Gasteiger charge is 2.46. The number of aliphatic hydroxyl groups is 2. The van der Waals surface area contributed by atoms with Crippen LogP contribution >= 0.6 is 0 Å². The number of hydrogen-bond acceptors (Lipinski definition) is 8. The average molecular weight is 340 g/mol. The molecule has 0 radical (unpaired) electrons. The van der Waals surface area contributed by atoms with E-state index in [0.717, 1.165) is 19.1 Å². The van der Waals surface area contributed by atoms with Gasteiger partial charge in [-0.15, -0.1) is 0 Å². The minimum atomic E-state index is -2.12. The van der Waals surface area contributed by atoms with Crippen LogP contribution in [0.1, 0.15) is 18.4 Å². The summed E-state index contributed by atoms with van der Waals surface area (Å²) in [6.07, 6.45) is 0. The van der Waals surface area contributed by atoms with Gasteiger partial charge in [-0.05, 0) is 6.92 Å². The average Bonchev–Trinajstić information content (AvgIpc) is 2.44. The monoisotopic (exact) mass is 340 g/mol. The number of ketones is 1. The smallest absolute Gasteiger partial charge is 0.352 e. The summed E-state index contributed by atoms with van der Waals surface area (Å²) in [5.41, 5.74) is -2.63. The maximum atomic E-state index is 11.7. The Kier molecular flexibility index (Phi) is 5.54. The van der Waals surface area contributed by atoms with E-state index in [1.54, 1.807) is 0 Å². The van der Waals surface area contributed by atoms with Gasteiger partial charge in [-0.3, -0.25) is 29.8 Å². The van der Waals surface area contributed by atoms with E-state index < -0.39 is 56.3 Å². The quantitative estimate of drug-likeness (QED) is 0.287. The van der Waals surface area contributed by atoms with E-state index in [1.165, 1.54) is 12.1 Å². The molecule has 0 spiro atoms. The van der Waals surface area contributed by atoms with Crippen LogP contribution in [0.4, 0.5) is 5.69 Å². The molecule has 2 atom stereocenters. The second-order valence-corrected chi connectivity index (χ2v) is 4.69. The Balaban J connectivity index is 3.84. The number of aliphatic hydroxyl groups excluding tert-OH is 1. The maximum Gasteiger partial charge on any atom is 0.352 e. The van der Waals surface area contributed by atoms with Gasteiger partial charge in [-0.25, -0.2) is 0 Å². The van der Waals surface area contributed by atoms with Crippen LogP contribution < -0.4 is 0 Å². The van der Waals surface area contributed by atoms with Gasteiger partial charge in [0.15, 0.2) is 0 Å². The highest BCUT2D eigenvalue weighted by molar-refractivity contribution is 5.98. The van der Waals surface area contributed by atoms with Crippen LogP contribution in [0.2, 0.25) is 0 Å². The zero-order chi connectivity index (χ0) is 18.6. The van der Waals surface area contributed by atoms with Crippen molar-refractivity contribution in [1.29, 1.82) is 0 Å². The summed E-state index contributed by atoms with van der Waals surface area (Å²) in [4.78, 5) is 43.1. The van der Waals surface area contributed by atoms with Crippen LogP contribution in [-0.4, -0.2) is 36.9 Å². The Morgan fingerprint density at radius 3 is 2.00 bits per heavy atom. The van der Waals surface area contributed by atoms with Crippen molar-refractivity contribution in [3.8, 4) is 0 Å². The van der Waals surface area contributed by atoms with Crippen LogP contribution in [0.3, 0.4) is 0 Å². The fourth-order valence-corrected chi connectivity index (χ4v) is 2.29. The molecule has 1 aromatic rings. The molecule has 1 aromatic carbocycles. The Labute approximate surface area is 133 Å². The predicted octanol–water partition coefficient (Wildman–Crippen LogP) is 1.53. The van der Waals surface area contributed by atoms with Crippen molar-refractivity contribution in [2.75, 3.05) is 0 Å². The number of rotatable bonds is 7. The lowest BCUT2D eigenvalue weighted by Crippen LogP contribution is -2.32. The number of nitro benzene ring substituents is 1. The van der Waals surface area contributed by atoms with E-state index in [0.29, 0.717) is 0 Å². The standard InChI is InChI=1S/C13H12N2O9/c1-6(16)9(12(17)18)10(11(13(19)20)15(23)24)7-4-2-3-5-8(7)14(21)22/h2-5,9-10,19-20H,1H3,(H,17,18). The zero-order valence-corrected chi connectivity index (χ0v) is 12.1. The molecule has 0 amide bonds. The summed E-state index contributed by atoms with van der Waals surface area (Å²) in [7, 11) is 0. The fraction of sp³-hybridized carbons (Fsp3) is 0.231. The zero-order valence-electron chi connectivity index (χ0n) is 12.1. The van der Waals surface area contributed by atoms with Gasteiger partial charge >= 0.3 is 17.6 Å².